The SMILES string of the molecule is NC(=O)C1CCC(NCc2ccncc2Cl)CC1. The van der Waals surface area contributed by atoms with Crippen molar-refractivity contribution < 1.29 is 4.79 Å². The van der Waals surface area contributed by atoms with Crippen molar-refractivity contribution in [3.05, 3.63) is 29.0 Å². The number of carbonyl (C=O) groups is 1. The third-order valence-electron chi connectivity index (χ3n) is 3.57. The molecule has 98 valence electrons. The van der Waals surface area contributed by atoms with Gasteiger partial charge in [-0.1, -0.05) is 11.6 Å². The highest BCUT2D eigenvalue weighted by molar-refractivity contribution is 6.31. The Morgan fingerprint density at radius 1 is 1.44 bits per heavy atom. The highest BCUT2D eigenvalue weighted by Crippen LogP contribution is 2.24. The van der Waals surface area contributed by atoms with E-state index in [1.165, 1.54) is 0 Å². The first-order valence-corrected chi connectivity index (χ1v) is 6.65. The number of rotatable bonds is 4. The van der Waals surface area contributed by atoms with Crippen LogP contribution in [0, 0.1) is 5.92 Å². The maximum Gasteiger partial charge on any atom is 0.220 e. The van der Waals surface area contributed by atoms with Gasteiger partial charge in [-0.05, 0) is 37.3 Å². The number of amides is 1. The Hall–Kier alpha value is -1.13. The third kappa shape index (κ3) is 3.43. The highest BCUT2D eigenvalue weighted by Gasteiger charge is 2.24. The van der Waals surface area contributed by atoms with Gasteiger partial charge < -0.3 is 11.1 Å². The summed E-state index contributed by atoms with van der Waals surface area (Å²) in [6.45, 7) is 0.743. The molecule has 1 amide bonds. The molecule has 2 rings (SSSR count). The maximum atomic E-state index is 11.1. The second-order valence-electron chi connectivity index (χ2n) is 4.80. The van der Waals surface area contributed by atoms with Gasteiger partial charge in [0.1, 0.15) is 0 Å². The molecule has 3 N–H and O–H groups in total. The lowest BCUT2D eigenvalue weighted by Crippen LogP contribution is -2.36. The lowest BCUT2D eigenvalue weighted by Gasteiger charge is -2.27. The molecule has 1 heterocycles. The van der Waals surface area contributed by atoms with E-state index >= 15 is 0 Å². The summed E-state index contributed by atoms with van der Waals surface area (Å²) in [7, 11) is 0. The van der Waals surface area contributed by atoms with Crippen LogP contribution in [0.1, 0.15) is 31.2 Å². The van der Waals surface area contributed by atoms with Gasteiger partial charge in [0.2, 0.25) is 5.91 Å². The van der Waals surface area contributed by atoms with Crippen LogP contribution in [0.15, 0.2) is 18.5 Å². The summed E-state index contributed by atoms with van der Waals surface area (Å²) in [6.07, 6.45) is 7.16. The maximum absolute atomic E-state index is 11.1. The Bertz CT molecular complexity index is 416. The van der Waals surface area contributed by atoms with Crippen LogP contribution >= 0.6 is 11.6 Å². The Kier molecular flexibility index (Phi) is 4.55. The van der Waals surface area contributed by atoms with Gasteiger partial charge >= 0.3 is 0 Å². The zero-order valence-electron chi connectivity index (χ0n) is 10.2. The van der Waals surface area contributed by atoms with Gasteiger partial charge in [0, 0.05) is 30.9 Å². The molecule has 0 aromatic carbocycles. The zero-order chi connectivity index (χ0) is 13.0. The minimum absolute atomic E-state index is 0.0626. The summed E-state index contributed by atoms with van der Waals surface area (Å²) >= 11 is 6.04. The first kappa shape index (κ1) is 13.3. The number of nitrogens with zero attached hydrogens (tertiary/aromatic N) is 1. The Balaban J connectivity index is 1.79. The molecule has 1 saturated carbocycles. The number of hydrogen-bond acceptors (Lipinski definition) is 3. The van der Waals surface area contributed by atoms with E-state index in [1.807, 2.05) is 6.07 Å². The Labute approximate surface area is 112 Å². The minimum atomic E-state index is -0.161. The standard InChI is InChI=1S/C13H18ClN3O/c14-12-8-16-6-5-10(12)7-17-11-3-1-9(2-4-11)13(15)18/h5-6,8-9,11,17H,1-4,7H2,(H2,15,18). The molecule has 5 heteroatoms. The van der Waals surface area contributed by atoms with Gasteiger partial charge in [0.15, 0.2) is 0 Å². The molecule has 1 aliphatic carbocycles. The monoisotopic (exact) mass is 267 g/mol. The van der Waals surface area contributed by atoms with Crippen LogP contribution in [0.2, 0.25) is 5.02 Å². The highest BCUT2D eigenvalue weighted by atomic mass is 35.5. The summed E-state index contributed by atoms with van der Waals surface area (Å²) in [5, 5.41) is 4.16. The van der Waals surface area contributed by atoms with Crippen molar-refractivity contribution in [2.45, 2.75) is 38.3 Å². The lowest BCUT2D eigenvalue weighted by molar-refractivity contribution is -0.122. The molecule has 0 radical (unpaired) electrons. The summed E-state index contributed by atoms with van der Waals surface area (Å²) in [5.41, 5.74) is 6.37. The van der Waals surface area contributed by atoms with Crippen LogP contribution in [0.3, 0.4) is 0 Å². The van der Waals surface area contributed by atoms with Crippen molar-refractivity contribution in [2.75, 3.05) is 0 Å². The number of hydrogen-bond donors (Lipinski definition) is 2. The van der Waals surface area contributed by atoms with Crippen molar-refractivity contribution in [1.29, 1.82) is 0 Å². The largest absolute Gasteiger partial charge is 0.369 e. The Morgan fingerprint density at radius 2 is 2.17 bits per heavy atom. The number of nitrogens with one attached hydrogen (secondary N) is 1. The van der Waals surface area contributed by atoms with Gasteiger partial charge in [-0.25, -0.2) is 0 Å². The van der Waals surface area contributed by atoms with E-state index in [1.54, 1.807) is 12.4 Å². The van der Waals surface area contributed by atoms with Gasteiger partial charge in [-0.3, -0.25) is 9.78 Å². The van der Waals surface area contributed by atoms with E-state index in [2.05, 4.69) is 10.3 Å². The molecule has 0 atom stereocenters. The molecule has 1 fully saturated rings. The van der Waals surface area contributed by atoms with E-state index in [-0.39, 0.29) is 11.8 Å². The molecular formula is C13H18ClN3O. The second kappa shape index (κ2) is 6.16. The number of halogens is 1. The fourth-order valence-corrected chi connectivity index (χ4v) is 2.57. The summed E-state index contributed by atoms with van der Waals surface area (Å²) in [4.78, 5) is 15.0. The van der Waals surface area contributed by atoms with Gasteiger partial charge in [-0.2, -0.15) is 0 Å². The van der Waals surface area contributed by atoms with E-state index < -0.39 is 0 Å². The number of pyridine rings is 1. The molecule has 0 unspecified atom stereocenters. The molecule has 1 aromatic heterocycles. The molecule has 0 aliphatic heterocycles. The topological polar surface area (TPSA) is 68.0 Å². The van der Waals surface area contributed by atoms with Crippen molar-refractivity contribution in [3.63, 3.8) is 0 Å². The predicted octanol–water partition coefficient (Wildman–Crippen LogP) is 1.87. The fourth-order valence-electron chi connectivity index (χ4n) is 2.38. The molecular weight excluding hydrogens is 250 g/mol. The van der Waals surface area contributed by atoms with Crippen LogP contribution in [-0.2, 0) is 11.3 Å². The minimum Gasteiger partial charge on any atom is -0.369 e. The first-order valence-electron chi connectivity index (χ1n) is 6.28. The van der Waals surface area contributed by atoms with E-state index in [4.69, 9.17) is 17.3 Å². The van der Waals surface area contributed by atoms with Crippen LogP contribution in [0.4, 0.5) is 0 Å². The molecule has 1 aliphatic rings. The van der Waals surface area contributed by atoms with Crippen LogP contribution in [-0.4, -0.2) is 16.9 Å². The van der Waals surface area contributed by atoms with Gasteiger partial charge in [0.25, 0.3) is 0 Å². The zero-order valence-corrected chi connectivity index (χ0v) is 11.0. The third-order valence-corrected chi connectivity index (χ3v) is 3.91. The number of aromatic nitrogens is 1. The van der Waals surface area contributed by atoms with Crippen molar-refractivity contribution >= 4 is 17.5 Å². The van der Waals surface area contributed by atoms with E-state index in [0.29, 0.717) is 11.1 Å². The van der Waals surface area contributed by atoms with Gasteiger partial charge in [0.05, 0.1) is 5.02 Å². The average molecular weight is 268 g/mol. The molecule has 0 saturated heterocycles. The van der Waals surface area contributed by atoms with E-state index in [0.717, 1.165) is 37.8 Å². The normalized spacial score (nSPS) is 23.8. The number of primary amides is 1. The summed E-state index contributed by atoms with van der Waals surface area (Å²) < 4.78 is 0. The van der Waals surface area contributed by atoms with Gasteiger partial charge in [-0.15, -0.1) is 0 Å². The summed E-state index contributed by atoms with van der Waals surface area (Å²) in [5.74, 6) is -0.0989. The fraction of sp³-hybridized carbons (Fsp3) is 0.538. The van der Waals surface area contributed by atoms with Crippen LogP contribution in [0.25, 0.3) is 0 Å². The summed E-state index contributed by atoms with van der Waals surface area (Å²) in [6, 6.07) is 2.37. The van der Waals surface area contributed by atoms with Crippen LogP contribution < -0.4 is 11.1 Å². The van der Waals surface area contributed by atoms with Crippen molar-refractivity contribution in [3.8, 4) is 0 Å². The lowest BCUT2D eigenvalue weighted by atomic mass is 9.85. The van der Waals surface area contributed by atoms with Crippen molar-refractivity contribution in [1.82, 2.24) is 10.3 Å². The second-order valence-corrected chi connectivity index (χ2v) is 5.21. The first-order chi connectivity index (χ1) is 8.66. The number of nitrogens with two attached hydrogens (primary N) is 1. The number of carbonyl (C=O) groups excluding carboxylic acids is 1. The molecule has 4 nitrogen and oxygen atoms in total. The van der Waals surface area contributed by atoms with E-state index in [9.17, 15) is 4.79 Å². The average Bonchev–Trinajstić information content (AvgIpc) is 2.38. The smallest absolute Gasteiger partial charge is 0.220 e. The van der Waals surface area contributed by atoms with Crippen LogP contribution in [0.5, 0.6) is 0 Å². The molecule has 1 aromatic rings. The molecule has 0 bridgehead atoms. The molecule has 0 spiro atoms. The predicted molar refractivity (Wildman–Crippen MR) is 71.0 cm³/mol. The quantitative estimate of drug-likeness (QED) is 0.875. The molecule has 18 heavy (non-hydrogen) atoms. The van der Waals surface area contributed by atoms with Crippen molar-refractivity contribution in [2.24, 2.45) is 11.7 Å². The Morgan fingerprint density at radius 3 is 2.78 bits per heavy atom.